The third-order valence-corrected chi connectivity index (χ3v) is 4.74. The van der Waals surface area contributed by atoms with Crippen LogP contribution >= 0.6 is 24.0 Å². The predicted octanol–water partition coefficient (Wildman–Crippen LogP) is 2.27. The zero-order chi connectivity index (χ0) is 17.5. The average Bonchev–Trinajstić information content (AvgIpc) is 3.28. The lowest BCUT2D eigenvalue weighted by Gasteiger charge is -2.17. The van der Waals surface area contributed by atoms with Crippen LogP contribution in [0.4, 0.5) is 0 Å². The van der Waals surface area contributed by atoms with E-state index in [1.165, 1.54) is 11.1 Å². The minimum atomic E-state index is 0. The quantitative estimate of drug-likeness (QED) is 0.379. The molecule has 2 aliphatic heterocycles. The van der Waals surface area contributed by atoms with Crippen LogP contribution in [0.15, 0.2) is 29.3 Å². The van der Waals surface area contributed by atoms with Crippen molar-refractivity contribution in [3.8, 4) is 0 Å². The Labute approximate surface area is 172 Å². The van der Waals surface area contributed by atoms with Crippen molar-refractivity contribution in [3.63, 3.8) is 0 Å². The van der Waals surface area contributed by atoms with E-state index < -0.39 is 0 Å². The van der Waals surface area contributed by atoms with Crippen LogP contribution in [0.2, 0.25) is 0 Å². The Balaban J connectivity index is 0.00000243. The molecule has 1 aromatic carbocycles. The van der Waals surface area contributed by atoms with E-state index in [1.54, 1.807) is 7.05 Å². The smallest absolute Gasteiger partial charge is 0.222 e. The van der Waals surface area contributed by atoms with Gasteiger partial charge < -0.3 is 20.3 Å². The number of rotatable bonds is 6. The standard InChI is InChI=1S/C19H28N4O2.HI/c1-20-19(22-13-17-7-4-10-25-17)21-12-15-5-2-6-16(11-15)14-23-9-3-8-18(23)24;/h2,5-6,11,17H,3-4,7-10,12-14H2,1H3,(H2,20,21,22);1H. The molecule has 0 saturated carbocycles. The molecule has 1 aromatic rings. The van der Waals surface area contributed by atoms with Crippen LogP contribution in [-0.4, -0.2) is 49.6 Å². The second kappa shape index (κ2) is 10.7. The summed E-state index contributed by atoms with van der Waals surface area (Å²) in [6, 6.07) is 8.39. The number of benzene rings is 1. The molecule has 6 nitrogen and oxygen atoms in total. The number of nitrogens with zero attached hydrogens (tertiary/aromatic N) is 2. The maximum Gasteiger partial charge on any atom is 0.222 e. The van der Waals surface area contributed by atoms with Crippen molar-refractivity contribution in [3.05, 3.63) is 35.4 Å². The summed E-state index contributed by atoms with van der Waals surface area (Å²) in [5.41, 5.74) is 2.36. The first-order valence-electron chi connectivity index (χ1n) is 9.16. The first-order valence-corrected chi connectivity index (χ1v) is 9.16. The van der Waals surface area contributed by atoms with Gasteiger partial charge in [-0.3, -0.25) is 9.79 Å². The highest BCUT2D eigenvalue weighted by Crippen LogP contribution is 2.15. The molecule has 1 amide bonds. The Hall–Kier alpha value is -1.35. The molecule has 2 aliphatic rings. The molecule has 0 aliphatic carbocycles. The number of likely N-dealkylation sites (tertiary alicyclic amines) is 1. The summed E-state index contributed by atoms with van der Waals surface area (Å²) in [7, 11) is 1.78. The highest BCUT2D eigenvalue weighted by Gasteiger charge is 2.20. The number of carbonyl (C=O) groups is 1. The number of ether oxygens (including phenoxy) is 1. The Kier molecular flexibility index (Phi) is 8.64. The van der Waals surface area contributed by atoms with Crippen LogP contribution < -0.4 is 10.6 Å². The monoisotopic (exact) mass is 472 g/mol. The zero-order valence-corrected chi connectivity index (χ0v) is 17.7. The lowest BCUT2D eigenvalue weighted by atomic mass is 10.1. The summed E-state index contributed by atoms with van der Waals surface area (Å²) in [5.74, 6) is 1.05. The molecule has 144 valence electrons. The van der Waals surface area contributed by atoms with E-state index in [-0.39, 0.29) is 29.9 Å². The second-order valence-corrected chi connectivity index (χ2v) is 6.68. The zero-order valence-electron chi connectivity index (χ0n) is 15.4. The minimum Gasteiger partial charge on any atom is -0.376 e. The van der Waals surface area contributed by atoms with E-state index in [4.69, 9.17) is 4.74 Å². The van der Waals surface area contributed by atoms with Crippen molar-refractivity contribution in [2.75, 3.05) is 26.7 Å². The second-order valence-electron chi connectivity index (χ2n) is 6.68. The van der Waals surface area contributed by atoms with Gasteiger partial charge in [-0.05, 0) is 30.4 Å². The molecule has 2 N–H and O–H groups in total. The number of amides is 1. The van der Waals surface area contributed by atoms with E-state index in [9.17, 15) is 4.79 Å². The molecule has 1 unspecified atom stereocenters. The van der Waals surface area contributed by atoms with Gasteiger partial charge in [0.1, 0.15) is 0 Å². The third kappa shape index (κ3) is 6.12. The molecule has 1 atom stereocenters. The van der Waals surface area contributed by atoms with Gasteiger partial charge in [0.05, 0.1) is 6.10 Å². The summed E-state index contributed by atoms with van der Waals surface area (Å²) in [4.78, 5) is 18.0. The first kappa shape index (κ1) is 21.0. The summed E-state index contributed by atoms with van der Waals surface area (Å²) in [5, 5.41) is 6.66. The lowest BCUT2D eigenvalue weighted by molar-refractivity contribution is -0.128. The van der Waals surface area contributed by atoms with Gasteiger partial charge in [0, 0.05) is 46.3 Å². The molecule has 0 radical (unpaired) electrons. The van der Waals surface area contributed by atoms with Crippen LogP contribution in [0.5, 0.6) is 0 Å². The van der Waals surface area contributed by atoms with Crippen molar-refractivity contribution < 1.29 is 9.53 Å². The topological polar surface area (TPSA) is 66.0 Å². The predicted molar refractivity (Wildman–Crippen MR) is 114 cm³/mol. The largest absolute Gasteiger partial charge is 0.376 e. The van der Waals surface area contributed by atoms with Crippen molar-refractivity contribution in [2.24, 2.45) is 4.99 Å². The molecule has 0 aromatic heterocycles. The number of halogens is 1. The fourth-order valence-electron chi connectivity index (χ4n) is 3.35. The van der Waals surface area contributed by atoms with E-state index in [2.05, 4.69) is 39.9 Å². The maximum atomic E-state index is 11.8. The van der Waals surface area contributed by atoms with Gasteiger partial charge in [-0.2, -0.15) is 0 Å². The van der Waals surface area contributed by atoms with Crippen LogP contribution in [0.25, 0.3) is 0 Å². The Morgan fingerprint density at radius 2 is 2.15 bits per heavy atom. The molecule has 3 rings (SSSR count). The summed E-state index contributed by atoms with van der Waals surface area (Å²) in [6.45, 7) is 3.94. The molecule has 26 heavy (non-hydrogen) atoms. The van der Waals surface area contributed by atoms with E-state index in [1.807, 2.05) is 4.90 Å². The van der Waals surface area contributed by atoms with Crippen molar-refractivity contribution in [1.82, 2.24) is 15.5 Å². The van der Waals surface area contributed by atoms with Gasteiger partial charge in [0.2, 0.25) is 5.91 Å². The summed E-state index contributed by atoms with van der Waals surface area (Å²) in [6.07, 6.45) is 4.21. The number of carbonyl (C=O) groups excluding carboxylic acids is 1. The van der Waals surface area contributed by atoms with E-state index >= 15 is 0 Å². The van der Waals surface area contributed by atoms with Crippen LogP contribution in [0.3, 0.4) is 0 Å². The minimum absolute atomic E-state index is 0. The fraction of sp³-hybridized carbons (Fsp3) is 0.579. The number of guanidine groups is 1. The number of nitrogens with one attached hydrogen (secondary N) is 2. The highest BCUT2D eigenvalue weighted by atomic mass is 127. The molecule has 0 spiro atoms. The van der Waals surface area contributed by atoms with E-state index in [0.717, 1.165) is 44.9 Å². The van der Waals surface area contributed by atoms with Gasteiger partial charge in [0.15, 0.2) is 5.96 Å². The summed E-state index contributed by atoms with van der Waals surface area (Å²) >= 11 is 0. The molecule has 2 saturated heterocycles. The Morgan fingerprint density at radius 3 is 2.85 bits per heavy atom. The maximum absolute atomic E-state index is 11.8. The van der Waals surface area contributed by atoms with E-state index in [0.29, 0.717) is 25.6 Å². The number of aliphatic imine (C=N–C) groups is 1. The van der Waals surface area contributed by atoms with Crippen LogP contribution in [-0.2, 0) is 22.6 Å². The highest BCUT2D eigenvalue weighted by molar-refractivity contribution is 14.0. The van der Waals surface area contributed by atoms with Gasteiger partial charge in [-0.25, -0.2) is 0 Å². The summed E-state index contributed by atoms with van der Waals surface area (Å²) < 4.78 is 5.62. The van der Waals surface area contributed by atoms with Gasteiger partial charge in [-0.1, -0.05) is 24.3 Å². The average molecular weight is 472 g/mol. The number of hydrogen-bond donors (Lipinski definition) is 2. The number of hydrogen-bond acceptors (Lipinski definition) is 3. The van der Waals surface area contributed by atoms with Gasteiger partial charge in [0.25, 0.3) is 0 Å². The normalized spacial score (nSPS) is 20.2. The van der Waals surface area contributed by atoms with Crippen LogP contribution in [0, 0.1) is 0 Å². The van der Waals surface area contributed by atoms with Gasteiger partial charge >= 0.3 is 0 Å². The first-order chi connectivity index (χ1) is 12.2. The lowest BCUT2D eigenvalue weighted by Crippen LogP contribution is -2.40. The molecule has 2 fully saturated rings. The fourth-order valence-corrected chi connectivity index (χ4v) is 3.35. The van der Waals surface area contributed by atoms with Crippen molar-refractivity contribution in [1.29, 1.82) is 0 Å². The van der Waals surface area contributed by atoms with Crippen molar-refractivity contribution in [2.45, 2.75) is 44.9 Å². The molecular weight excluding hydrogens is 443 g/mol. The Bertz CT molecular complexity index is 617. The third-order valence-electron chi connectivity index (χ3n) is 4.74. The Morgan fingerprint density at radius 1 is 1.31 bits per heavy atom. The van der Waals surface area contributed by atoms with Gasteiger partial charge in [-0.15, -0.1) is 24.0 Å². The molecule has 0 bridgehead atoms. The molecule has 2 heterocycles. The molecule has 7 heteroatoms. The molecular formula is C19H29IN4O2. The van der Waals surface area contributed by atoms with Crippen molar-refractivity contribution >= 4 is 35.8 Å². The van der Waals surface area contributed by atoms with Crippen LogP contribution in [0.1, 0.15) is 36.8 Å². The SMILES string of the molecule is CN=C(NCc1cccc(CN2CCCC2=O)c1)NCC1CCCO1.I.